The van der Waals surface area contributed by atoms with Crippen LogP contribution < -0.4 is 16.4 Å². The molecule has 5 N–H and O–H groups in total. The second-order valence-corrected chi connectivity index (χ2v) is 5.44. The van der Waals surface area contributed by atoms with Crippen LogP contribution in [0.3, 0.4) is 0 Å². The van der Waals surface area contributed by atoms with Gasteiger partial charge in [-0.25, -0.2) is 4.79 Å². The molecule has 0 aromatic rings. The van der Waals surface area contributed by atoms with Crippen LogP contribution in [0.25, 0.3) is 0 Å². The van der Waals surface area contributed by atoms with Crippen LogP contribution in [0.1, 0.15) is 39.5 Å². The summed E-state index contributed by atoms with van der Waals surface area (Å²) in [4.78, 5) is 32.7. The molecule has 0 aliphatic carbocycles. The number of carbonyl (C=O) groups is 3. The Hall–Kier alpha value is -1.83. The molecule has 1 saturated heterocycles. The number of amides is 3. The first-order chi connectivity index (χ1) is 10.4. The average molecular weight is 316 g/mol. The fraction of sp³-hybridized carbons (Fsp3) is 0.786. The number of carbonyl (C=O) groups excluding carboxylic acids is 2. The number of rotatable bonds is 6. The highest BCUT2D eigenvalue weighted by Gasteiger charge is 2.23. The van der Waals surface area contributed by atoms with E-state index in [-0.39, 0.29) is 18.9 Å². The SMILES string of the molecule is CC(C)N1CCCCC1CCNC(=O)CNC(N)=O.O=CO. The van der Waals surface area contributed by atoms with Crippen molar-refractivity contribution in [3.8, 4) is 0 Å². The third-order valence-electron chi connectivity index (χ3n) is 3.56. The molecule has 0 saturated carbocycles. The van der Waals surface area contributed by atoms with Gasteiger partial charge in [0.2, 0.25) is 5.91 Å². The zero-order chi connectivity index (χ0) is 17.0. The first-order valence-corrected chi connectivity index (χ1v) is 7.56. The lowest BCUT2D eigenvalue weighted by Gasteiger charge is -2.38. The van der Waals surface area contributed by atoms with Crippen molar-refractivity contribution in [2.75, 3.05) is 19.6 Å². The molecule has 0 aromatic heterocycles. The second kappa shape index (κ2) is 11.8. The molecular weight excluding hydrogens is 288 g/mol. The largest absolute Gasteiger partial charge is 0.483 e. The predicted octanol–water partition coefficient (Wildman–Crippen LogP) is 0.125. The Morgan fingerprint density at radius 1 is 1.36 bits per heavy atom. The molecule has 1 heterocycles. The number of carboxylic acid groups (broad SMARTS) is 1. The third kappa shape index (κ3) is 9.17. The molecule has 1 atom stereocenters. The summed E-state index contributed by atoms with van der Waals surface area (Å²) in [6.07, 6.45) is 4.70. The molecule has 8 nitrogen and oxygen atoms in total. The van der Waals surface area contributed by atoms with Crippen LogP contribution in [0.15, 0.2) is 0 Å². The molecule has 1 rings (SSSR count). The zero-order valence-corrected chi connectivity index (χ0v) is 13.4. The van der Waals surface area contributed by atoms with Crippen molar-refractivity contribution in [1.29, 1.82) is 0 Å². The molecular formula is C14H28N4O4. The standard InChI is InChI=1S/C13H26N4O2.CH2O2/c1-10(2)17-8-4-3-5-11(17)6-7-15-12(18)9-16-13(14)19;2-1-3/h10-11H,3-9H2,1-2H3,(H,15,18)(H3,14,16,19);1H,(H,2,3). The van der Waals surface area contributed by atoms with Gasteiger partial charge in [0, 0.05) is 18.6 Å². The van der Waals surface area contributed by atoms with E-state index in [1.807, 2.05) is 0 Å². The van der Waals surface area contributed by atoms with Gasteiger partial charge in [-0.15, -0.1) is 0 Å². The highest BCUT2D eigenvalue weighted by Crippen LogP contribution is 2.21. The van der Waals surface area contributed by atoms with Crippen LogP contribution >= 0.6 is 0 Å². The van der Waals surface area contributed by atoms with Gasteiger partial charge in [0.1, 0.15) is 0 Å². The molecule has 128 valence electrons. The number of hydrogen-bond donors (Lipinski definition) is 4. The number of likely N-dealkylation sites (tertiary alicyclic amines) is 1. The molecule has 0 aromatic carbocycles. The van der Waals surface area contributed by atoms with E-state index in [0.717, 1.165) is 13.0 Å². The first-order valence-electron chi connectivity index (χ1n) is 7.56. The molecule has 1 fully saturated rings. The average Bonchev–Trinajstić information content (AvgIpc) is 2.46. The van der Waals surface area contributed by atoms with Crippen molar-refractivity contribution in [3.05, 3.63) is 0 Å². The molecule has 0 radical (unpaired) electrons. The van der Waals surface area contributed by atoms with Crippen molar-refractivity contribution in [3.63, 3.8) is 0 Å². The Morgan fingerprint density at radius 2 is 2.00 bits per heavy atom. The van der Waals surface area contributed by atoms with Crippen LogP contribution in [-0.2, 0) is 9.59 Å². The third-order valence-corrected chi connectivity index (χ3v) is 3.56. The van der Waals surface area contributed by atoms with Gasteiger partial charge in [0.15, 0.2) is 0 Å². The van der Waals surface area contributed by atoms with Crippen LogP contribution in [0.2, 0.25) is 0 Å². The molecule has 1 unspecified atom stereocenters. The highest BCUT2D eigenvalue weighted by molar-refractivity contribution is 5.83. The minimum atomic E-state index is -0.673. The number of primary amides is 1. The minimum Gasteiger partial charge on any atom is -0.483 e. The van der Waals surface area contributed by atoms with Crippen molar-refractivity contribution in [1.82, 2.24) is 15.5 Å². The first kappa shape index (κ1) is 20.2. The lowest BCUT2D eigenvalue weighted by molar-refractivity contribution is -0.123. The molecule has 1 aliphatic rings. The number of nitrogens with one attached hydrogen (secondary N) is 2. The summed E-state index contributed by atoms with van der Waals surface area (Å²) >= 11 is 0. The number of nitrogens with two attached hydrogens (primary N) is 1. The molecule has 8 heteroatoms. The van der Waals surface area contributed by atoms with Gasteiger partial charge < -0.3 is 21.5 Å². The zero-order valence-electron chi connectivity index (χ0n) is 13.4. The Labute approximate surface area is 131 Å². The Balaban J connectivity index is 0.00000135. The van der Waals surface area contributed by atoms with Gasteiger partial charge in [-0.1, -0.05) is 6.42 Å². The van der Waals surface area contributed by atoms with E-state index in [2.05, 4.69) is 29.4 Å². The van der Waals surface area contributed by atoms with Gasteiger partial charge in [0.25, 0.3) is 6.47 Å². The molecule has 1 aliphatic heterocycles. The van der Waals surface area contributed by atoms with Gasteiger partial charge >= 0.3 is 6.03 Å². The molecule has 0 bridgehead atoms. The highest BCUT2D eigenvalue weighted by atomic mass is 16.3. The van der Waals surface area contributed by atoms with Crippen molar-refractivity contribution in [2.24, 2.45) is 5.73 Å². The topological polar surface area (TPSA) is 125 Å². The normalized spacial score (nSPS) is 18.0. The summed E-state index contributed by atoms with van der Waals surface area (Å²) in [7, 11) is 0. The maximum Gasteiger partial charge on any atom is 0.312 e. The van der Waals surface area contributed by atoms with Crippen LogP contribution in [-0.4, -0.2) is 60.1 Å². The van der Waals surface area contributed by atoms with Crippen LogP contribution in [0.4, 0.5) is 4.79 Å². The van der Waals surface area contributed by atoms with Gasteiger partial charge in [-0.2, -0.15) is 0 Å². The fourth-order valence-electron chi connectivity index (χ4n) is 2.62. The van der Waals surface area contributed by atoms with E-state index < -0.39 is 6.03 Å². The molecule has 3 amide bonds. The van der Waals surface area contributed by atoms with E-state index in [9.17, 15) is 9.59 Å². The molecule has 22 heavy (non-hydrogen) atoms. The quantitative estimate of drug-likeness (QED) is 0.518. The van der Waals surface area contributed by atoms with Gasteiger partial charge in [-0.3, -0.25) is 14.5 Å². The van der Waals surface area contributed by atoms with Crippen molar-refractivity contribution < 1.29 is 19.5 Å². The predicted molar refractivity (Wildman–Crippen MR) is 83.4 cm³/mol. The van der Waals surface area contributed by atoms with E-state index in [0.29, 0.717) is 18.6 Å². The summed E-state index contributed by atoms with van der Waals surface area (Å²) in [6, 6.07) is 0.434. The smallest absolute Gasteiger partial charge is 0.312 e. The Kier molecular flexibility index (Phi) is 10.8. The van der Waals surface area contributed by atoms with E-state index >= 15 is 0 Å². The van der Waals surface area contributed by atoms with Gasteiger partial charge in [0.05, 0.1) is 6.54 Å². The lowest BCUT2D eigenvalue weighted by atomic mass is 9.98. The van der Waals surface area contributed by atoms with Crippen molar-refractivity contribution >= 4 is 18.4 Å². The van der Waals surface area contributed by atoms with Gasteiger partial charge in [-0.05, 0) is 39.7 Å². The summed E-state index contributed by atoms with van der Waals surface area (Å²) in [5.74, 6) is -0.189. The Morgan fingerprint density at radius 3 is 2.55 bits per heavy atom. The summed E-state index contributed by atoms with van der Waals surface area (Å²) in [6.45, 7) is 5.93. The fourth-order valence-corrected chi connectivity index (χ4v) is 2.62. The number of piperidine rings is 1. The van der Waals surface area contributed by atoms with E-state index in [1.54, 1.807) is 0 Å². The number of nitrogens with zero attached hydrogens (tertiary/aromatic N) is 1. The lowest BCUT2D eigenvalue weighted by Crippen LogP contribution is -2.46. The van der Waals surface area contributed by atoms with E-state index in [4.69, 9.17) is 15.6 Å². The number of hydrogen-bond acceptors (Lipinski definition) is 4. The van der Waals surface area contributed by atoms with Crippen LogP contribution in [0, 0.1) is 0 Å². The monoisotopic (exact) mass is 316 g/mol. The maximum absolute atomic E-state index is 11.4. The molecule has 0 spiro atoms. The van der Waals surface area contributed by atoms with Crippen molar-refractivity contribution in [2.45, 2.75) is 51.6 Å². The Bertz CT molecular complexity index is 350. The van der Waals surface area contributed by atoms with Crippen LogP contribution in [0.5, 0.6) is 0 Å². The maximum atomic E-state index is 11.4. The minimum absolute atomic E-state index is 0.0477. The second-order valence-electron chi connectivity index (χ2n) is 5.44. The summed E-state index contributed by atoms with van der Waals surface area (Å²) in [5, 5.41) is 12.0. The number of urea groups is 1. The summed E-state index contributed by atoms with van der Waals surface area (Å²) in [5.41, 5.74) is 4.90. The summed E-state index contributed by atoms with van der Waals surface area (Å²) < 4.78 is 0. The van der Waals surface area contributed by atoms with E-state index in [1.165, 1.54) is 19.3 Å².